The van der Waals surface area contributed by atoms with E-state index < -0.39 is 10.1 Å². The third-order valence-corrected chi connectivity index (χ3v) is 3.63. The number of hydrogen-bond acceptors (Lipinski definition) is 2. The largest absolute Gasteiger partial charge is 0.358 e. The quantitative estimate of drug-likeness (QED) is 0.790. The molecule has 2 rings (SSSR count). The molecule has 0 saturated carbocycles. The molecule has 2 aromatic rings. The molecule has 0 saturated heterocycles. The van der Waals surface area contributed by atoms with Crippen molar-refractivity contribution in [2.75, 3.05) is 0 Å². The Morgan fingerprint density at radius 1 is 1.38 bits per heavy atom. The number of H-pyrrole nitrogens is 1. The van der Waals surface area contributed by atoms with Gasteiger partial charge in [0.1, 0.15) is 0 Å². The highest BCUT2D eigenvalue weighted by molar-refractivity contribution is 7.85. The molecule has 0 spiro atoms. The van der Waals surface area contributed by atoms with Crippen molar-refractivity contribution in [2.45, 2.75) is 25.2 Å². The Morgan fingerprint density at radius 3 is 2.62 bits per heavy atom. The third-order valence-electron chi connectivity index (χ3n) is 2.78. The van der Waals surface area contributed by atoms with E-state index >= 15 is 0 Å². The molecule has 5 heteroatoms. The fraction of sp³-hybridized carbons (Fsp3) is 0.273. The first-order valence-corrected chi connectivity index (χ1v) is 6.46. The Morgan fingerprint density at radius 2 is 2.06 bits per heavy atom. The maximum atomic E-state index is 11.0. The molecule has 0 aliphatic carbocycles. The topological polar surface area (TPSA) is 70.2 Å². The van der Waals surface area contributed by atoms with Crippen molar-refractivity contribution in [1.29, 1.82) is 0 Å². The van der Waals surface area contributed by atoms with Crippen molar-refractivity contribution < 1.29 is 13.0 Å². The first-order chi connectivity index (χ1) is 7.43. The summed E-state index contributed by atoms with van der Waals surface area (Å²) in [6, 6.07) is 4.58. The van der Waals surface area contributed by atoms with Gasteiger partial charge in [0.25, 0.3) is 10.1 Å². The lowest BCUT2D eigenvalue weighted by atomic mass is 10.1. The Kier molecular flexibility index (Phi) is 2.52. The van der Waals surface area contributed by atoms with Gasteiger partial charge in [0, 0.05) is 16.6 Å². The van der Waals surface area contributed by atoms with Gasteiger partial charge in [0.2, 0.25) is 0 Å². The zero-order valence-corrected chi connectivity index (χ0v) is 9.93. The van der Waals surface area contributed by atoms with Gasteiger partial charge in [-0.3, -0.25) is 4.55 Å². The monoisotopic (exact) mass is 239 g/mol. The number of aryl methyl sites for hydroxylation is 2. The van der Waals surface area contributed by atoms with E-state index in [0.717, 1.165) is 28.6 Å². The molecule has 1 aromatic heterocycles. The number of aromatic amines is 1. The lowest BCUT2D eigenvalue weighted by Crippen LogP contribution is -1.97. The number of fused-ring (bicyclic) bond motifs is 1. The molecule has 1 heterocycles. The molecule has 16 heavy (non-hydrogen) atoms. The molecule has 0 unspecified atom stereocenters. The highest BCUT2D eigenvalue weighted by atomic mass is 32.2. The van der Waals surface area contributed by atoms with Gasteiger partial charge in [-0.05, 0) is 31.0 Å². The second kappa shape index (κ2) is 3.61. The summed E-state index contributed by atoms with van der Waals surface area (Å²) in [6.07, 6.45) is 0.863. The maximum Gasteiger partial charge on any atom is 0.294 e. The minimum atomic E-state index is -4.12. The minimum Gasteiger partial charge on any atom is -0.358 e. The number of rotatable bonds is 2. The molecule has 0 amide bonds. The standard InChI is InChI=1S/C11H13NO3S/c1-3-10-7(2)9-5-4-8(16(13,14)15)6-11(9)12-10/h4-6,12H,3H2,1-2H3,(H,13,14,15). The molecule has 1 aromatic carbocycles. The summed E-state index contributed by atoms with van der Waals surface area (Å²) in [7, 11) is -4.12. The average Bonchev–Trinajstić information content (AvgIpc) is 2.54. The van der Waals surface area contributed by atoms with Crippen LogP contribution in [-0.4, -0.2) is 18.0 Å². The van der Waals surface area contributed by atoms with Crippen LogP contribution in [0.3, 0.4) is 0 Å². The third kappa shape index (κ3) is 1.72. The van der Waals surface area contributed by atoms with Crippen molar-refractivity contribution >= 4 is 21.0 Å². The summed E-state index contributed by atoms with van der Waals surface area (Å²) in [6.45, 7) is 4.02. The summed E-state index contributed by atoms with van der Waals surface area (Å²) in [4.78, 5) is 3.07. The molecule has 0 aliphatic heterocycles. The van der Waals surface area contributed by atoms with Crippen LogP contribution in [0.25, 0.3) is 10.9 Å². The highest BCUT2D eigenvalue weighted by Gasteiger charge is 2.12. The van der Waals surface area contributed by atoms with E-state index in [1.54, 1.807) is 6.07 Å². The zero-order valence-electron chi connectivity index (χ0n) is 9.11. The summed E-state index contributed by atoms with van der Waals surface area (Å²) >= 11 is 0. The van der Waals surface area contributed by atoms with E-state index in [9.17, 15) is 8.42 Å². The predicted molar refractivity (Wildman–Crippen MR) is 62.2 cm³/mol. The van der Waals surface area contributed by atoms with E-state index in [1.165, 1.54) is 12.1 Å². The first kappa shape index (κ1) is 11.2. The van der Waals surface area contributed by atoms with Crippen LogP contribution in [0.15, 0.2) is 23.1 Å². The van der Waals surface area contributed by atoms with Crippen molar-refractivity contribution in [3.8, 4) is 0 Å². The molecule has 0 aliphatic rings. The van der Waals surface area contributed by atoms with E-state index in [2.05, 4.69) is 4.98 Å². The van der Waals surface area contributed by atoms with Crippen LogP contribution in [0, 0.1) is 6.92 Å². The van der Waals surface area contributed by atoms with Gasteiger partial charge in [-0.15, -0.1) is 0 Å². The van der Waals surface area contributed by atoms with Crippen molar-refractivity contribution in [3.05, 3.63) is 29.5 Å². The lowest BCUT2D eigenvalue weighted by Gasteiger charge is -1.97. The Labute approximate surface area is 94.0 Å². The van der Waals surface area contributed by atoms with Crippen LogP contribution in [0.5, 0.6) is 0 Å². The molecular weight excluding hydrogens is 226 g/mol. The predicted octanol–water partition coefficient (Wildman–Crippen LogP) is 2.29. The summed E-state index contributed by atoms with van der Waals surface area (Å²) in [5.74, 6) is 0. The normalized spacial score (nSPS) is 12.2. The molecule has 86 valence electrons. The summed E-state index contributed by atoms with van der Waals surface area (Å²) in [5, 5.41) is 0.990. The number of hydrogen-bond donors (Lipinski definition) is 2. The average molecular weight is 239 g/mol. The van der Waals surface area contributed by atoms with Crippen LogP contribution < -0.4 is 0 Å². The summed E-state index contributed by atoms with van der Waals surface area (Å²) in [5.41, 5.74) is 2.95. The van der Waals surface area contributed by atoms with Crippen LogP contribution in [0.4, 0.5) is 0 Å². The van der Waals surface area contributed by atoms with Gasteiger partial charge in [-0.1, -0.05) is 13.0 Å². The van der Waals surface area contributed by atoms with Crippen LogP contribution >= 0.6 is 0 Å². The fourth-order valence-corrected chi connectivity index (χ4v) is 2.39. The fourth-order valence-electron chi connectivity index (χ4n) is 1.89. The minimum absolute atomic E-state index is 0.0797. The van der Waals surface area contributed by atoms with E-state index in [1.807, 2.05) is 13.8 Å². The zero-order chi connectivity index (χ0) is 11.9. The molecule has 2 N–H and O–H groups in total. The number of nitrogens with one attached hydrogen (secondary N) is 1. The second-order valence-electron chi connectivity index (χ2n) is 3.76. The SMILES string of the molecule is CCc1[nH]c2cc(S(=O)(=O)O)ccc2c1C. The Bertz CT molecular complexity index is 641. The van der Waals surface area contributed by atoms with E-state index in [0.29, 0.717) is 0 Å². The molecule has 0 fully saturated rings. The number of aromatic nitrogens is 1. The molecule has 4 nitrogen and oxygen atoms in total. The first-order valence-electron chi connectivity index (χ1n) is 5.02. The Hall–Kier alpha value is -1.33. The number of benzene rings is 1. The molecule has 0 radical (unpaired) electrons. The van der Waals surface area contributed by atoms with Crippen LogP contribution in [0.2, 0.25) is 0 Å². The Balaban J connectivity index is 2.73. The van der Waals surface area contributed by atoms with E-state index in [-0.39, 0.29) is 4.90 Å². The maximum absolute atomic E-state index is 11.0. The van der Waals surface area contributed by atoms with Crippen LogP contribution in [0.1, 0.15) is 18.2 Å². The summed E-state index contributed by atoms with van der Waals surface area (Å²) < 4.78 is 30.9. The van der Waals surface area contributed by atoms with Gasteiger partial charge in [-0.2, -0.15) is 8.42 Å². The second-order valence-corrected chi connectivity index (χ2v) is 5.19. The lowest BCUT2D eigenvalue weighted by molar-refractivity contribution is 0.483. The van der Waals surface area contributed by atoms with Gasteiger partial charge in [0.15, 0.2) is 0 Å². The molecular formula is C11H13NO3S. The molecule has 0 atom stereocenters. The van der Waals surface area contributed by atoms with Crippen molar-refractivity contribution in [1.82, 2.24) is 4.98 Å². The van der Waals surface area contributed by atoms with Gasteiger partial charge >= 0.3 is 0 Å². The molecule has 0 bridgehead atoms. The smallest absolute Gasteiger partial charge is 0.294 e. The van der Waals surface area contributed by atoms with Gasteiger partial charge < -0.3 is 4.98 Å². The van der Waals surface area contributed by atoms with Crippen molar-refractivity contribution in [3.63, 3.8) is 0 Å². The van der Waals surface area contributed by atoms with E-state index in [4.69, 9.17) is 4.55 Å². The van der Waals surface area contributed by atoms with Gasteiger partial charge in [-0.25, -0.2) is 0 Å². The van der Waals surface area contributed by atoms with Crippen molar-refractivity contribution in [2.24, 2.45) is 0 Å². The van der Waals surface area contributed by atoms with Crippen LogP contribution in [-0.2, 0) is 16.5 Å². The van der Waals surface area contributed by atoms with Gasteiger partial charge in [0.05, 0.1) is 4.90 Å². The highest BCUT2D eigenvalue weighted by Crippen LogP contribution is 2.24.